The molecule has 1 N–H and O–H groups in total. The van der Waals surface area contributed by atoms with E-state index in [0.29, 0.717) is 11.4 Å². The zero-order chi connectivity index (χ0) is 13.8. The maximum atomic E-state index is 9.02. The van der Waals surface area contributed by atoms with Gasteiger partial charge in [-0.05, 0) is 39.0 Å². The average molecular weight is 255 g/mol. The van der Waals surface area contributed by atoms with Gasteiger partial charge in [-0.25, -0.2) is 4.98 Å². The van der Waals surface area contributed by atoms with E-state index >= 15 is 0 Å². The first kappa shape index (κ1) is 13.1. The van der Waals surface area contributed by atoms with Gasteiger partial charge < -0.3 is 5.32 Å². The van der Waals surface area contributed by atoms with Gasteiger partial charge in [-0.15, -0.1) is 0 Å². The molecule has 0 aromatic carbocycles. The highest BCUT2D eigenvalue weighted by Gasteiger charge is 2.09. The number of aromatic nitrogens is 3. The largest absolute Gasteiger partial charge is 0.365 e. The fraction of sp³-hybridized carbons (Fsp3) is 0.357. The lowest BCUT2D eigenvalue weighted by Gasteiger charge is -2.16. The van der Waals surface area contributed by atoms with Gasteiger partial charge in [0, 0.05) is 17.9 Å². The van der Waals surface area contributed by atoms with Gasteiger partial charge >= 0.3 is 0 Å². The molecule has 1 atom stereocenters. The summed E-state index contributed by atoms with van der Waals surface area (Å²) in [4.78, 5) is 4.20. The van der Waals surface area contributed by atoms with Crippen molar-refractivity contribution < 1.29 is 0 Å². The van der Waals surface area contributed by atoms with Crippen molar-refractivity contribution in [3.63, 3.8) is 0 Å². The van der Waals surface area contributed by atoms with E-state index in [-0.39, 0.29) is 6.04 Å². The highest BCUT2D eigenvalue weighted by molar-refractivity contribution is 5.51. The third kappa shape index (κ3) is 3.10. The molecule has 0 spiro atoms. The molecular formula is C14H17N5. The molecule has 0 fully saturated rings. The molecule has 19 heavy (non-hydrogen) atoms. The summed E-state index contributed by atoms with van der Waals surface area (Å²) in [6, 6.07) is 7.84. The van der Waals surface area contributed by atoms with Crippen LogP contribution in [0.5, 0.6) is 0 Å². The van der Waals surface area contributed by atoms with E-state index in [4.69, 9.17) is 5.26 Å². The summed E-state index contributed by atoms with van der Waals surface area (Å²) >= 11 is 0. The van der Waals surface area contributed by atoms with Gasteiger partial charge in [-0.3, -0.25) is 4.68 Å². The van der Waals surface area contributed by atoms with E-state index < -0.39 is 0 Å². The highest BCUT2D eigenvalue weighted by Crippen LogP contribution is 2.12. The number of aryl methyl sites for hydroxylation is 2. The molecule has 5 heteroatoms. The first-order valence-electron chi connectivity index (χ1n) is 6.23. The Hall–Kier alpha value is -2.35. The van der Waals surface area contributed by atoms with Crippen LogP contribution in [-0.4, -0.2) is 20.8 Å². The summed E-state index contributed by atoms with van der Waals surface area (Å²) in [5.74, 6) is 0.624. The minimum atomic E-state index is 0.139. The molecule has 98 valence electrons. The summed E-state index contributed by atoms with van der Waals surface area (Å²) in [5, 5.41) is 16.7. The third-order valence-corrected chi connectivity index (χ3v) is 2.86. The van der Waals surface area contributed by atoms with Crippen LogP contribution in [0.4, 0.5) is 5.82 Å². The molecule has 0 amide bonds. The predicted molar refractivity (Wildman–Crippen MR) is 73.7 cm³/mol. The summed E-state index contributed by atoms with van der Waals surface area (Å²) in [5.41, 5.74) is 2.70. The van der Waals surface area contributed by atoms with Crippen molar-refractivity contribution in [2.45, 2.75) is 33.4 Å². The second kappa shape index (κ2) is 5.53. The van der Waals surface area contributed by atoms with Crippen LogP contribution < -0.4 is 5.32 Å². The first-order valence-corrected chi connectivity index (χ1v) is 6.23. The molecule has 2 aromatic heterocycles. The minimum absolute atomic E-state index is 0.139. The number of hydrogen-bond donors (Lipinski definition) is 1. The lowest BCUT2D eigenvalue weighted by atomic mass is 10.2. The third-order valence-electron chi connectivity index (χ3n) is 2.86. The number of anilines is 1. The Bertz CT molecular complexity index is 609. The van der Waals surface area contributed by atoms with E-state index in [1.54, 1.807) is 18.3 Å². The fourth-order valence-corrected chi connectivity index (χ4v) is 2.01. The summed E-state index contributed by atoms with van der Waals surface area (Å²) in [6.07, 6.45) is 1.68. The Morgan fingerprint density at radius 1 is 1.47 bits per heavy atom. The van der Waals surface area contributed by atoms with E-state index in [1.807, 2.05) is 31.5 Å². The SMILES string of the molecule is Cc1cc(C)n(C[C@H](C)Nc2ncccc2C#N)n1. The van der Waals surface area contributed by atoms with Gasteiger partial charge in [0.15, 0.2) is 0 Å². The molecule has 0 aliphatic heterocycles. The quantitative estimate of drug-likeness (QED) is 0.910. The van der Waals surface area contributed by atoms with Crippen molar-refractivity contribution in [1.29, 1.82) is 5.26 Å². The molecule has 0 radical (unpaired) electrons. The lowest BCUT2D eigenvalue weighted by Crippen LogP contribution is -2.24. The monoisotopic (exact) mass is 255 g/mol. The summed E-state index contributed by atoms with van der Waals surface area (Å²) in [7, 11) is 0. The zero-order valence-corrected chi connectivity index (χ0v) is 11.4. The van der Waals surface area contributed by atoms with Crippen LogP contribution in [0.15, 0.2) is 24.4 Å². The van der Waals surface area contributed by atoms with Gasteiger partial charge in [-0.2, -0.15) is 10.4 Å². The van der Waals surface area contributed by atoms with Crippen LogP contribution in [0.1, 0.15) is 23.9 Å². The predicted octanol–water partition coefficient (Wildman–Crippen LogP) is 2.27. The van der Waals surface area contributed by atoms with Gasteiger partial charge in [0.05, 0.1) is 17.8 Å². The normalized spacial score (nSPS) is 11.9. The number of pyridine rings is 1. The molecule has 2 heterocycles. The maximum absolute atomic E-state index is 9.02. The van der Waals surface area contributed by atoms with Crippen LogP contribution in [-0.2, 0) is 6.54 Å². The highest BCUT2D eigenvalue weighted by atomic mass is 15.3. The minimum Gasteiger partial charge on any atom is -0.365 e. The molecule has 0 aliphatic carbocycles. The summed E-state index contributed by atoms with van der Waals surface area (Å²) < 4.78 is 1.96. The Balaban J connectivity index is 2.08. The van der Waals surface area contributed by atoms with Crippen molar-refractivity contribution in [1.82, 2.24) is 14.8 Å². The Kier molecular flexibility index (Phi) is 3.81. The van der Waals surface area contributed by atoms with Crippen molar-refractivity contribution in [3.05, 3.63) is 41.3 Å². The molecule has 0 saturated carbocycles. The van der Waals surface area contributed by atoms with Crippen molar-refractivity contribution in [2.24, 2.45) is 0 Å². The topological polar surface area (TPSA) is 66.5 Å². The standard InChI is InChI=1S/C14H17N5/c1-10-7-12(3)19(18-10)9-11(2)17-14-13(8-15)5-4-6-16-14/h4-7,11H,9H2,1-3H3,(H,16,17)/t11-/m0/s1. The lowest BCUT2D eigenvalue weighted by molar-refractivity contribution is 0.544. The molecule has 5 nitrogen and oxygen atoms in total. The number of rotatable bonds is 4. The first-order chi connectivity index (χ1) is 9.10. The van der Waals surface area contributed by atoms with E-state index in [0.717, 1.165) is 17.9 Å². The molecule has 0 aliphatic rings. The second-order valence-corrected chi connectivity index (χ2v) is 4.67. The number of nitriles is 1. The number of hydrogen-bond acceptors (Lipinski definition) is 4. The van der Waals surface area contributed by atoms with Crippen molar-refractivity contribution >= 4 is 5.82 Å². The van der Waals surface area contributed by atoms with Crippen molar-refractivity contribution in [3.8, 4) is 6.07 Å². The van der Waals surface area contributed by atoms with Gasteiger partial charge in [0.1, 0.15) is 11.9 Å². The number of nitrogens with zero attached hydrogens (tertiary/aromatic N) is 4. The van der Waals surface area contributed by atoms with Crippen LogP contribution in [0.25, 0.3) is 0 Å². The van der Waals surface area contributed by atoms with Gasteiger partial charge in [0.2, 0.25) is 0 Å². The maximum Gasteiger partial charge on any atom is 0.144 e. The van der Waals surface area contributed by atoms with E-state index in [1.165, 1.54) is 0 Å². The van der Waals surface area contributed by atoms with Crippen LogP contribution >= 0.6 is 0 Å². The van der Waals surface area contributed by atoms with Crippen LogP contribution in [0, 0.1) is 25.2 Å². The van der Waals surface area contributed by atoms with Crippen LogP contribution in [0.2, 0.25) is 0 Å². The molecule has 0 unspecified atom stereocenters. The molecule has 0 saturated heterocycles. The molecule has 0 bridgehead atoms. The second-order valence-electron chi connectivity index (χ2n) is 4.67. The fourth-order valence-electron chi connectivity index (χ4n) is 2.01. The van der Waals surface area contributed by atoms with E-state index in [9.17, 15) is 0 Å². The van der Waals surface area contributed by atoms with Gasteiger partial charge in [0.25, 0.3) is 0 Å². The molecular weight excluding hydrogens is 238 g/mol. The Morgan fingerprint density at radius 3 is 2.89 bits per heavy atom. The van der Waals surface area contributed by atoms with Gasteiger partial charge in [-0.1, -0.05) is 0 Å². The summed E-state index contributed by atoms with van der Waals surface area (Å²) in [6.45, 7) is 6.80. The van der Waals surface area contributed by atoms with E-state index in [2.05, 4.69) is 21.5 Å². The van der Waals surface area contributed by atoms with Crippen molar-refractivity contribution in [2.75, 3.05) is 5.32 Å². The Labute approximate surface area is 112 Å². The van der Waals surface area contributed by atoms with Crippen LogP contribution in [0.3, 0.4) is 0 Å². The average Bonchev–Trinajstić information content (AvgIpc) is 2.68. The Morgan fingerprint density at radius 2 is 2.26 bits per heavy atom. The molecule has 2 rings (SSSR count). The number of nitrogens with one attached hydrogen (secondary N) is 1. The zero-order valence-electron chi connectivity index (χ0n) is 11.4. The molecule has 2 aromatic rings. The smallest absolute Gasteiger partial charge is 0.144 e.